The highest BCUT2D eigenvalue weighted by Crippen LogP contribution is 2.25. The number of benzene rings is 1. The van der Waals surface area contributed by atoms with Gasteiger partial charge in [-0.05, 0) is 24.6 Å². The summed E-state index contributed by atoms with van der Waals surface area (Å²) in [4.78, 5) is 21.8. The number of aryl methyl sites for hydroxylation is 1. The molecule has 2 amide bonds. The van der Waals surface area contributed by atoms with Crippen molar-refractivity contribution in [3.63, 3.8) is 0 Å². The largest absolute Gasteiger partial charge is 0.399 e. The number of nitrogens with zero attached hydrogens (tertiary/aromatic N) is 1. The Bertz CT molecular complexity index is 686. The van der Waals surface area contributed by atoms with E-state index in [-0.39, 0.29) is 11.3 Å². The van der Waals surface area contributed by atoms with Gasteiger partial charge in [0, 0.05) is 5.69 Å². The minimum Gasteiger partial charge on any atom is -0.399 e. The molecule has 0 bridgehead atoms. The van der Waals surface area contributed by atoms with E-state index in [1.165, 1.54) is 13.0 Å². The molecule has 1 aromatic rings. The maximum atomic E-state index is 14.0. The van der Waals surface area contributed by atoms with Crippen molar-refractivity contribution in [2.24, 2.45) is 0 Å². The number of nitrogens with two attached hydrogens (primary N) is 1. The number of carbonyl (C=O) groups is 2. The van der Waals surface area contributed by atoms with Gasteiger partial charge in [-0.2, -0.15) is 4.31 Å². The Balaban J connectivity index is 2.50. The smallest absolute Gasteiger partial charge is 0.247 e. The average Bonchev–Trinajstić information content (AvgIpc) is 2.32. The third kappa shape index (κ3) is 2.49. The number of nitrogens with one attached hydrogen (secondary N) is 1. The summed E-state index contributed by atoms with van der Waals surface area (Å²) in [6.07, 6.45) is 0. The molecule has 0 aromatic heterocycles. The highest BCUT2D eigenvalue weighted by Gasteiger charge is 2.35. The second-order valence-corrected chi connectivity index (χ2v) is 6.30. The molecule has 0 aliphatic carbocycles. The highest BCUT2D eigenvalue weighted by atomic mass is 32.2. The minimum atomic E-state index is -4.31. The number of nitrogen functional groups attached to an aromatic ring is 1. The van der Waals surface area contributed by atoms with Crippen molar-refractivity contribution in [3.05, 3.63) is 23.5 Å². The van der Waals surface area contributed by atoms with Crippen LogP contribution < -0.4 is 11.1 Å². The van der Waals surface area contributed by atoms with E-state index >= 15 is 0 Å². The van der Waals surface area contributed by atoms with Crippen LogP contribution in [0.5, 0.6) is 0 Å². The first-order valence-electron chi connectivity index (χ1n) is 5.60. The van der Waals surface area contributed by atoms with Crippen LogP contribution in [0.2, 0.25) is 0 Å². The Morgan fingerprint density at radius 3 is 2.35 bits per heavy atom. The van der Waals surface area contributed by atoms with Gasteiger partial charge in [-0.15, -0.1) is 0 Å². The van der Waals surface area contributed by atoms with Crippen LogP contribution in [-0.2, 0) is 19.6 Å². The zero-order valence-corrected chi connectivity index (χ0v) is 11.3. The number of rotatable bonds is 2. The summed E-state index contributed by atoms with van der Waals surface area (Å²) in [6, 6.07) is 2.26. The summed E-state index contributed by atoms with van der Waals surface area (Å²) in [6.45, 7) is 0.293. The summed E-state index contributed by atoms with van der Waals surface area (Å²) in [5, 5.41) is 1.97. The lowest BCUT2D eigenvalue weighted by Gasteiger charge is -2.25. The molecule has 1 heterocycles. The normalized spacial score (nSPS) is 17.1. The van der Waals surface area contributed by atoms with Gasteiger partial charge in [0.25, 0.3) is 0 Å². The highest BCUT2D eigenvalue weighted by molar-refractivity contribution is 7.89. The van der Waals surface area contributed by atoms with Gasteiger partial charge in [-0.1, -0.05) is 0 Å². The fraction of sp³-hybridized carbons (Fsp3) is 0.273. The minimum absolute atomic E-state index is 0.0661. The second kappa shape index (κ2) is 4.84. The first kappa shape index (κ1) is 14.4. The van der Waals surface area contributed by atoms with Gasteiger partial charge < -0.3 is 5.73 Å². The molecule has 1 aliphatic heterocycles. The third-order valence-corrected chi connectivity index (χ3v) is 4.57. The maximum absolute atomic E-state index is 14.0. The molecule has 1 aliphatic rings. The van der Waals surface area contributed by atoms with Crippen LogP contribution in [0.4, 0.5) is 10.1 Å². The fourth-order valence-electron chi connectivity index (χ4n) is 1.87. The number of hydrogen-bond acceptors (Lipinski definition) is 5. The van der Waals surface area contributed by atoms with E-state index in [0.29, 0.717) is 4.31 Å². The van der Waals surface area contributed by atoms with Crippen LogP contribution >= 0.6 is 0 Å². The van der Waals surface area contributed by atoms with Crippen molar-refractivity contribution in [2.75, 3.05) is 18.8 Å². The molecule has 7 nitrogen and oxygen atoms in total. The SMILES string of the molecule is Cc1cc(N)cc(S(=O)(=O)N2CC(=O)NC(=O)C2)c1F. The Kier molecular flexibility index (Phi) is 3.48. The Hall–Kier alpha value is -2.00. The molecule has 2 rings (SSSR count). The van der Waals surface area contributed by atoms with E-state index < -0.39 is 45.6 Å². The molecular formula is C11H12FN3O4S. The lowest BCUT2D eigenvalue weighted by Crippen LogP contribution is -2.53. The Labute approximate surface area is 114 Å². The number of amides is 2. The summed E-state index contributed by atoms with van der Waals surface area (Å²) >= 11 is 0. The summed E-state index contributed by atoms with van der Waals surface area (Å²) in [5.41, 5.74) is 5.66. The van der Waals surface area contributed by atoms with Crippen molar-refractivity contribution in [2.45, 2.75) is 11.8 Å². The number of hydrogen-bond donors (Lipinski definition) is 2. The topological polar surface area (TPSA) is 110 Å². The van der Waals surface area contributed by atoms with E-state index in [1.54, 1.807) is 0 Å². The van der Waals surface area contributed by atoms with E-state index in [4.69, 9.17) is 5.73 Å². The van der Waals surface area contributed by atoms with Gasteiger partial charge >= 0.3 is 0 Å². The number of anilines is 1. The van der Waals surface area contributed by atoms with Gasteiger partial charge in [-0.3, -0.25) is 14.9 Å². The quantitative estimate of drug-likeness (QED) is 0.558. The molecule has 0 saturated carbocycles. The van der Waals surface area contributed by atoms with Crippen LogP contribution in [0.3, 0.4) is 0 Å². The van der Waals surface area contributed by atoms with Crippen molar-refractivity contribution in [3.8, 4) is 0 Å². The Morgan fingerprint density at radius 1 is 1.25 bits per heavy atom. The van der Waals surface area contributed by atoms with Gasteiger partial charge in [-0.25, -0.2) is 12.8 Å². The monoisotopic (exact) mass is 301 g/mol. The van der Waals surface area contributed by atoms with Crippen LogP contribution in [-0.4, -0.2) is 37.6 Å². The van der Waals surface area contributed by atoms with Gasteiger partial charge in [0.15, 0.2) is 0 Å². The summed E-state index contributed by atoms with van der Waals surface area (Å²) in [5.74, 6) is -2.46. The first-order valence-corrected chi connectivity index (χ1v) is 7.04. The van der Waals surface area contributed by atoms with Crippen molar-refractivity contribution in [1.29, 1.82) is 0 Å². The third-order valence-electron chi connectivity index (χ3n) is 2.78. The van der Waals surface area contributed by atoms with Crippen LogP contribution in [0.15, 0.2) is 17.0 Å². The predicted octanol–water partition coefficient (Wildman–Crippen LogP) is -0.637. The van der Waals surface area contributed by atoms with Crippen LogP contribution in [0.25, 0.3) is 0 Å². The molecule has 9 heteroatoms. The molecule has 0 atom stereocenters. The number of halogens is 1. The zero-order valence-electron chi connectivity index (χ0n) is 10.5. The van der Waals surface area contributed by atoms with E-state index in [1.807, 2.05) is 5.32 Å². The van der Waals surface area contributed by atoms with Crippen molar-refractivity contribution >= 4 is 27.5 Å². The van der Waals surface area contributed by atoms with Gasteiger partial charge in [0.1, 0.15) is 10.7 Å². The lowest BCUT2D eigenvalue weighted by atomic mass is 10.2. The van der Waals surface area contributed by atoms with Gasteiger partial charge in [0.05, 0.1) is 13.1 Å². The molecule has 0 radical (unpaired) electrons. The molecule has 0 spiro atoms. The zero-order chi connectivity index (χ0) is 15.1. The van der Waals surface area contributed by atoms with Crippen LogP contribution in [0.1, 0.15) is 5.56 Å². The van der Waals surface area contributed by atoms with Gasteiger partial charge in [0.2, 0.25) is 21.8 Å². The predicted molar refractivity (Wildman–Crippen MR) is 67.5 cm³/mol. The molecule has 108 valence electrons. The number of piperazine rings is 1. The first-order chi connectivity index (χ1) is 9.21. The maximum Gasteiger partial charge on any atom is 0.247 e. The fourth-order valence-corrected chi connectivity index (χ4v) is 3.40. The molecular weight excluding hydrogens is 289 g/mol. The van der Waals surface area contributed by atoms with E-state index in [0.717, 1.165) is 6.07 Å². The van der Waals surface area contributed by atoms with Crippen molar-refractivity contribution in [1.82, 2.24) is 9.62 Å². The average molecular weight is 301 g/mol. The lowest BCUT2D eigenvalue weighted by molar-refractivity contribution is -0.134. The second-order valence-electron chi connectivity index (χ2n) is 4.39. The molecule has 0 unspecified atom stereocenters. The number of carbonyl (C=O) groups excluding carboxylic acids is 2. The van der Waals surface area contributed by atoms with Crippen molar-refractivity contribution < 1.29 is 22.4 Å². The molecule has 1 aromatic carbocycles. The van der Waals surface area contributed by atoms with E-state index in [2.05, 4.69) is 0 Å². The molecule has 3 N–H and O–H groups in total. The standard InChI is InChI=1S/C11H12FN3O4S/c1-6-2-7(13)3-8(11(6)12)20(18,19)15-4-9(16)14-10(17)5-15/h2-3H,4-5,13H2,1H3,(H,14,16,17). The van der Waals surface area contributed by atoms with E-state index in [9.17, 15) is 22.4 Å². The van der Waals surface area contributed by atoms with Crippen LogP contribution in [0, 0.1) is 12.7 Å². The summed E-state index contributed by atoms with van der Waals surface area (Å²) < 4.78 is 39.2. The Morgan fingerprint density at radius 2 is 1.80 bits per heavy atom. The molecule has 20 heavy (non-hydrogen) atoms. The number of imide groups is 1. The molecule has 1 fully saturated rings. The summed E-state index contributed by atoms with van der Waals surface area (Å²) in [7, 11) is -4.31. The number of sulfonamides is 1. The molecule has 1 saturated heterocycles.